The maximum Gasteiger partial charge on any atom is 0.490 e. The molecule has 12 heteroatoms. The van der Waals surface area contributed by atoms with Gasteiger partial charge in [-0.25, -0.2) is 19.7 Å². The third kappa shape index (κ3) is 4.78. The Bertz CT molecular complexity index is 989. The maximum atomic E-state index is 10.6. The smallest absolute Gasteiger partial charge is 0.475 e. The first-order valence-electron chi connectivity index (χ1n) is 7.27. The first-order valence-corrected chi connectivity index (χ1v) is 8.08. The molecule has 0 fully saturated rings. The Morgan fingerprint density at radius 3 is 2.67 bits per heavy atom. The summed E-state index contributed by atoms with van der Waals surface area (Å²) in [4.78, 5) is 25.7. The van der Waals surface area contributed by atoms with Crippen molar-refractivity contribution < 1.29 is 23.1 Å². The zero-order chi connectivity index (χ0) is 20.2. The molecule has 0 amide bonds. The number of hydrogen-bond donors (Lipinski definition) is 3. The number of carboxylic acid groups (broad SMARTS) is 1. The van der Waals surface area contributed by atoms with Crippen LogP contribution in [0.4, 0.5) is 13.2 Å². The quantitative estimate of drug-likeness (QED) is 0.616. The van der Waals surface area contributed by atoms with Crippen molar-refractivity contribution in [1.29, 1.82) is 5.26 Å². The minimum atomic E-state index is -5.08. The highest BCUT2D eigenvalue weighted by Gasteiger charge is 2.38. The number of carboxylic acids is 1. The number of rotatable bonds is 3. The number of aromatic nitrogens is 4. The van der Waals surface area contributed by atoms with Crippen molar-refractivity contribution in [3.05, 3.63) is 29.8 Å². The summed E-state index contributed by atoms with van der Waals surface area (Å²) >= 11 is 1.46. The van der Waals surface area contributed by atoms with Gasteiger partial charge in [0.15, 0.2) is 0 Å². The van der Waals surface area contributed by atoms with Crippen molar-refractivity contribution in [3.63, 3.8) is 0 Å². The maximum absolute atomic E-state index is 10.6. The molecule has 4 N–H and O–H groups in total. The number of nitriles is 1. The number of fused-ring (bicyclic) bond motifs is 1. The van der Waals surface area contributed by atoms with Crippen LogP contribution in [0.2, 0.25) is 0 Å². The van der Waals surface area contributed by atoms with Crippen molar-refractivity contribution in [1.82, 2.24) is 19.9 Å². The molecule has 0 saturated heterocycles. The molecule has 0 aliphatic rings. The van der Waals surface area contributed by atoms with Crippen LogP contribution in [0.3, 0.4) is 0 Å². The fraction of sp³-hybridized carbons (Fsp3) is 0.267. The Balaban J connectivity index is 0.000000321. The third-order valence-corrected chi connectivity index (χ3v) is 4.55. The predicted octanol–water partition coefficient (Wildman–Crippen LogP) is 2.80. The van der Waals surface area contributed by atoms with E-state index in [2.05, 4.69) is 26.0 Å². The SMILES string of the molecule is CC(N)(CC#N)c1ncc(-c2ncnc3[nH]ccc23)s1.O=C(O)C(F)(F)F. The minimum Gasteiger partial charge on any atom is -0.475 e. The fourth-order valence-electron chi connectivity index (χ4n) is 1.96. The van der Waals surface area contributed by atoms with Crippen molar-refractivity contribution >= 4 is 28.3 Å². The summed E-state index contributed by atoms with van der Waals surface area (Å²) < 4.78 is 31.7. The second-order valence-electron chi connectivity index (χ2n) is 5.55. The van der Waals surface area contributed by atoms with Crippen molar-refractivity contribution in [3.8, 4) is 16.6 Å². The van der Waals surface area contributed by atoms with E-state index >= 15 is 0 Å². The molecule has 0 radical (unpaired) electrons. The van der Waals surface area contributed by atoms with Crippen molar-refractivity contribution in [2.45, 2.75) is 25.1 Å². The van der Waals surface area contributed by atoms with E-state index in [9.17, 15) is 13.2 Å². The lowest BCUT2D eigenvalue weighted by atomic mass is 10.0. The summed E-state index contributed by atoms with van der Waals surface area (Å²) in [5.41, 5.74) is 7.00. The molecule has 0 saturated carbocycles. The molecule has 27 heavy (non-hydrogen) atoms. The zero-order valence-electron chi connectivity index (χ0n) is 13.8. The highest BCUT2D eigenvalue weighted by Crippen LogP contribution is 2.33. The van der Waals surface area contributed by atoms with Crippen molar-refractivity contribution in [2.24, 2.45) is 5.73 Å². The zero-order valence-corrected chi connectivity index (χ0v) is 14.6. The van der Waals surface area contributed by atoms with Crippen LogP contribution in [0, 0.1) is 11.3 Å². The number of carbonyl (C=O) groups is 1. The van der Waals surface area contributed by atoms with E-state index in [-0.39, 0.29) is 6.42 Å². The average molecular weight is 398 g/mol. The molecule has 3 aromatic rings. The van der Waals surface area contributed by atoms with Gasteiger partial charge in [-0.2, -0.15) is 18.4 Å². The van der Waals surface area contributed by atoms with Crippen LogP contribution >= 0.6 is 11.3 Å². The van der Waals surface area contributed by atoms with E-state index in [1.165, 1.54) is 17.7 Å². The summed E-state index contributed by atoms with van der Waals surface area (Å²) in [5.74, 6) is -2.76. The number of nitrogens with zero attached hydrogens (tertiary/aromatic N) is 4. The summed E-state index contributed by atoms with van der Waals surface area (Å²) in [6.07, 6.45) is 0.235. The monoisotopic (exact) mass is 398 g/mol. The second kappa shape index (κ2) is 7.68. The van der Waals surface area contributed by atoms with Crippen LogP contribution in [0.15, 0.2) is 24.8 Å². The highest BCUT2D eigenvalue weighted by molar-refractivity contribution is 7.15. The summed E-state index contributed by atoms with van der Waals surface area (Å²) in [6.45, 7) is 1.81. The minimum absolute atomic E-state index is 0.225. The Morgan fingerprint density at radius 2 is 2.07 bits per heavy atom. The van der Waals surface area contributed by atoms with Gasteiger partial charge >= 0.3 is 12.1 Å². The number of thiazole rings is 1. The van der Waals surface area contributed by atoms with Crippen LogP contribution < -0.4 is 5.73 Å². The van der Waals surface area contributed by atoms with E-state index in [1.54, 1.807) is 6.20 Å². The topological polar surface area (TPSA) is 142 Å². The summed E-state index contributed by atoms with van der Waals surface area (Å²) in [6, 6.07) is 4.02. The highest BCUT2D eigenvalue weighted by atomic mass is 32.1. The van der Waals surface area contributed by atoms with Crippen LogP contribution in [0.25, 0.3) is 21.6 Å². The Labute approximate surface area is 154 Å². The summed E-state index contributed by atoms with van der Waals surface area (Å²) in [5, 5.41) is 17.6. The van der Waals surface area contributed by atoms with Gasteiger partial charge in [0.1, 0.15) is 17.0 Å². The van der Waals surface area contributed by atoms with Gasteiger partial charge < -0.3 is 15.8 Å². The molecule has 142 valence electrons. The lowest BCUT2D eigenvalue weighted by Gasteiger charge is -2.17. The molecule has 0 bridgehead atoms. The Kier molecular flexibility index (Phi) is 5.77. The first-order chi connectivity index (χ1) is 12.6. The van der Waals surface area contributed by atoms with E-state index in [0.29, 0.717) is 0 Å². The second-order valence-corrected chi connectivity index (χ2v) is 6.58. The molecule has 3 aromatic heterocycles. The fourth-order valence-corrected chi connectivity index (χ4v) is 2.94. The van der Waals surface area contributed by atoms with Crippen LogP contribution in [0.1, 0.15) is 18.4 Å². The lowest BCUT2D eigenvalue weighted by molar-refractivity contribution is -0.192. The van der Waals surface area contributed by atoms with Gasteiger partial charge in [-0.1, -0.05) is 0 Å². The van der Waals surface area contributed by atoms with Gasteiger partial charge in [0.25, 0.3) is 0 Å². The predicted molar refractivity (Wildman–Crippen MR) is 90.5 cm³/mol. The van der Waals surface area contributed by atoms with Gasteiger partial charge in [-0.15, -0.1) is 11.3 Å². The van der Waals surface area contributed by atoms with Crippen LogP contribution in [0.5, 0.6) is 0 Å². The van der Waals surface area contributed by atoms with E-state index < -0.39 is 17.7 Å². The molecule has 0 aliphatic carbocycles. The first kappa shape index (κ1) is 20.3. The van der Waals surface area contributed by atoms with Gasteiger partial charge in [-0.05, 0) is 13.0 Å². The Hall–Kier alpha value is -3.04. The molecule has 8 nitrogen and oxygen atoms in total. The van der Waals surface area contributed by atoms with Gasteiger partial charge in [-0.3, -0.25) is 0 Å². The molecule has 3 heterocycles. The third-order valence-electron chi connectivity index (χ3n) is 3.27. The molecule has 3 rings (SSSR count). The summed E-state index contributed by atoms with van der Waals surface area (Å²) in [7, 11) is 0. The van der Waals surface area contributed by atoms with Gasteiger partial charge in [0, 0.05) is 17.8 Å². The number of aromatic amines is 1. The van der Waals surface area contributed by atoms with Gasteiger partial charge in [0.05, 0.1) is 28.6 Å². The molecule has 0 aromatic carbocycles. The van der Waals surface area contributed by atoms with Crippen molar-refractivity contribution in [2.75, 3.05) is 0 Å². The number of hydrogen-bond acceptors (Lipinski definition) is 7. The van der Waals surface area contributed by atoms with E-state index in [1.807, 2.05) is 19.2 Å². The number of halogens is 3. The Morgan fingerprint density at radius 1 is 1.41 bits per heavy atom. The number of H-pyrrole nitrogens is 1. The molecule has 1 atom stereocenters. The number of aliphatic carboxylic acids is 1. The molecule has 1 unspecified atom stereocenters. The van der Waals surface area contributed by atoms with Crippen LogP contribution in [-0.4, -0.2) is 37.2 Å². The lowest BCUT2D eigenvalue weighted by Crippen LogP contribution is -2.32. The number of nitrogens with two attached hydrogens (primary N) is 1. The number of alkyl halides is 3. The molecule has 0 spiro atoms. The average Bonchev–Trinajstić information content (AvgIpc) is 3.24. The standard InChI is InChI=1S/C13H12N6S.C2HF3O2/c1-13(15,3-4-14)12-17-6-9(20-12)10-8-2-5-16-11(8)19-7-18-10;3-2(4,5)1(6)7/h2,5-7H,3,15H2,1H3,(H,16,18,19);(H,6,7). The number of nitrogens with one attached hydrogen (secondary N) is 1. The largest absolute Gasteiger partial charge is 0.490 e. The molecular formula is C15H13F3N6O2S. The van der Waals surface area contributed by atoms with E-state index in [0.717, 1.165) is 26.6 Å². The molecular weight excluding hydrogens is 385 g/mol. The van der Waals surface area contributed by atoms with Gasteiger partial charge in [0.2, 0.25) is 0 Å². The van der Waals surface area contributed by atoms with Crippen LogP contribution in [-0.2, 0) is 10.3 Å². The molecule has 0 aliphatic heterocycles. The van der Waals surface area contributed by atoms with E-state index in [4.69, 9.17) is 20.9 Å². The normalized spacial score (nSPS) is 13.3.